The molecule has 19 heavy (non-hydrogen) atoms. The molecule has 1 aromatic rings. The largest absolute Gasteiger partial charge is 0.465 e. The Labute approximate surface area is 114 Å². The lowest BCUT2D eigenvalue weighted by Gasteiger charge is -2.09. The molecule has 1 heterocycles. The number of rotatable bonds is 3. The molecule has 2 rings (SSSR count). The monoisotopic (exact) mass is 278 g/mol. The number of allylic oxidation sites excluding steroid dienone is 4. The van der Waals surface area contributed by atoms with E-state index < -0.39 is 11.5 Å². The quantitative estimate of drug-likeness (QED) is 0.520. The fraction of sp³-hybridized carbons (Fsp3) is 0.308. The summed E-state index contributed by atoms with van der Waals surface area (Å²) < 4.78 is 4.60. The number of esters is 1. The minimum absolute atomic E-state index is 0.0425. The van der Waals surface area contributed by atoms with Crippen molar-refractivity contribution in [1.82, 2.24) is 9.97 Å². The number of nitrogens with zero attached hydrogens (tertiary/aromatic N) is 1. The van der Waals surface area contributed by atoms with Crippen molar-refractivity contribution in [3.63, 3.8) is 0 Å². The first kappa shape index (κ1) is 13.6. The topological polar surface area (TPSA) is 72.0 Å². The van der Waals surface area contributed by atoms with E-state index in [4.69, 9.17) is 0 Å². The minimum Gasteiger partial charge on any atom is -0.465 e. The molecule has 1 aliphatic rings. The van der Waals surface area contributed by atoms with Crippen molar-refractivity contribution in [3.05, 3.63) is 40.0 Å². The van der Waals surface area contributed by atoms with Gasteiger partial charge in [0.05, 0.1) is 7.11 Å². The number of carbonyl (C=O) groups is 1. The molecule has 0 saturated carbocycles. The van der Waals surface area contributed by atoms with Crippen molar-refractivity contribution >= 4 is 23.3 Å². The van der Waals surface area contributed by atoms with Gasteiger partial charge in [-0.15, -0.1) is 11.8 Å². The Hall–Kier alpha value is -1.82. The first-order valence-electron chi connectivity index (χ1n) is 5.81. The maximum atomic E-state index is 12.0. The van der Waals surface area contributed by atoms with E-state index in [0.717, 1.165) is 18.4 Å². The lowest BCUT2D eigenvalue weighted by atomic mass is 10.1. The van der Waals surface area contributed by atoms with Crippen molar-refractivity contribution < 1.29 is 9.53 Å². The zero-order valence-electron chi connectivity index (χ0n) is 10.7. The molecular formula is C13H14N2O3S. The van der Waals surface area contributed by atoms with Crippen LogP contribution in [0.25, 0.3) is 5.57 Å². The van der Waals surface area contributed by atoms with Gasteiger partial charge in [-0.2, -0.15) is 0 Å². The molecule has 5 nitrogen and oxygen atoms in total. The number of thioether (sulfide) groups is 1. The number of hydrogen-bond donors (Lipinski definition) is 1. The van der Waals surface area contributed by atoms with Gasteiger partial charge in [0.15, 0.2) is 5.56 Å². The van der Waals surface area contributed by atoms with Crippen LogP contribution in [0.1, 0.15) is 29.0 Å². The van der Waals surface area contributed by atoms with Crippen LogP contribution in [-0.2, 0) is 4.74 Å². The molecule has 0 unspecified atom stereocenters. The summed E-state index contributed by atoms with van der Waals surface area (Å²) in [5.74, 6) is -0.184. The van der Waals surface area contributed by atoms with Crippen molar-refractivity contribution in [2.24, 2.45) is 0 Å². The van der Waals surface area contributed by atoms with Gasteiger partial charge in [0.25, 0.3) is 5.56 Å². The highest BCUT2D eigenvalue weighted by Gasteiger charge is 2.19. The van der Waals surface area contributed by atoms with Crippen LogP contribution in [-0.4, -0.2) is 29.3 Å². The van der Waals surface area contributed by atoms with Crippen molar-refractivity contribution in [2.75, 3.05) is 13.4 Å². The van der Waals surface area contributed by atoms with E-state index in [1.54, 1.807) is 6.26 Å². The number of carbonyl (C=O) groups excluding carboxylic acids is 1. The number of methoxy groups -OCH3 is 1. The average molecular weight is 278 g/mol. The van der Waals surface area contributed by atoms with Crippen molar-refractivity contribution in [3.8, 4) is 0 Å². The van der Waals surface area contributed by atoms with Gasteiger partial charge in [0.1, 0.15) is 10.9 Å². The second kappa shape index (κ2) is 5.88. The summed E-state index contributed by atoms with van der Waals surface area (Å²) in [5, 5.41) is 0.380. The van der Waals surface area contributed by atoms with E-state index in [9.17, 15) is 9.59 Å². The van der Waals surface area contributed by atoms with Crippen LogP contribution >= 0.6 is 11.8 Å². The number of aromatic nitrogens is 2. The maximum absolute atomic E-state index is 12.0. The zero-order valence-corrected chi connectivity index (χ0v) is 11.5. The fourth-order valence-electron chi connectivity index (χ4n) is 1.81. The van der Waals surface area contributed by atoms with Crippen LogP contribution in [0.3, 0.4) is 0 Å². The molecule has 0 saturated heterocycles. The smallest absolute Gasteiger partial charge is 0.346 e. The molecule has 0 fully saturated rings. The zero-order chi connectivity index (χ0) is 13.8. The minimum atomic E-state index is -0.669. The van der Waals surface area contributed by atoms with Crippen LogP contribution < -0.4 is 5.56 Å². The summed E-state index contributed by atoms with van der Waals surface area (Å²) >= 11 is 1.25. The highest BCUT2D eigenvalue weighted by atomic mass is 32.2. The molecule has 1 aliphatic carbocycles. The second-order valence-corrected chi connectivity index (χ2v) is 4.72. The third kappa shape index (κ3) is 2.78. The van der Waals surface area contributed by atoms with Gasteiger partial charge in [-0.1, -0.05) is 18.2 Å². The molecular weight excluding hydrogens is 264 g/mol. The van der Waals surface area contributed by atoms with Crippen LogP contribution in [0, 0.1) is 0 Å². The maximum Gasteiger partial charge on any atom is 0.346 e. The van der Waals surface area contributed by atoms with Gasteiger partial charge < -0.3 is 9.72 Å². The first-order valence-corrected chi connectivity index (χ1v) is 7.03. The Morgan fingerprint density at radius 1 is 1.47 bits per heavy atom. The standard InChI is InChI=1S/C13H14N2O3S/c1-18-13(17)9-11(16)14-10(15-12(9)19-2)8-6-4-3-5-7-8/h4,6-7H,3,5H2,1-2H3,(H,14,15,16). The highest BCUT2D eigenvalue weighted by Crippen LogP contribution is 2.21. The molecule has 0 aliphatic heterocycles. The van der Waals surface area contributed by atoms with Crippen LogP contribution in [0.5, 0.6) is 0 Å². The molecule has 100 valence electrons. The Morgan fingerprint density at radius 2 is 2.26 bits per heavy atom. The summed E-state index contributed by atoms with van der Waals surface area (Å²) in [6, 6.07) is 0. The van der Waals surface area contributed by atoms with Gasteiger partial charge in [0.2, 0.25) is 0 Å². The van der Waals surface area contributed by atoms with Gasteiger partial charge in [-0.05, 0) is 19.1 Å². The van der Waals surface area contributed by atoms with Crippen molar-refractivity contribution in [2.45, 2.75) is 17.9 Å². The molecule has 0 aromatic carbocycles. The van der Waals surface area contributed by atoms with Crippen LogP contribution in [0.4, 0.5) is 0 Å². The fourth-order valence-corrected chi connectivity index (χ4v) is 2.37. The Balaban J connectivity index is 2.53. The van der Waals surface area contributed by atoms with Crippen molar-refractivity contribution in [1.29, 1.82) is 0 Å². The van der Waals surface area contributed by atoms with Gasteiger partial charge >= 0.3 is 5.97 Å². The third-order valence-electron chi connectivity index (χ3n) is 2.74. The molecule has 0 bridgehead atoms. The number of H-pyrrole nitrogens is 1. The third-order valence-corrected chi connectivity index (χ3v) is 3.42. The summed E-state index contributed by atoms with van der Waals surface area (Å²) in [6.45, 7) is 0. The molecule has 0 radical (unpaired) electrons. The SMILES string of the molecule is COC(=O)c1c(SC)nc(C2=CCCC=C2)[nH]c1=O. The Bertz CT molecular complexity index is 617. The normalized spacial score (nSPS) is 14.1. The summed E-state index contributed by atoms with van der Waals surface area (Å²) in [5.41, 5.74) is 0.357. The predicted octanol–water partition coefficient (Wildman–Crippen LogP) is 2.01. The summed E-state index contributed by atoms with van der Waals surface area (Å²) in [6.07, 6.45) is 9.64. The van der Waals surface area contributed by atoms with E-state index in [0.29, 0.717) is 10.9 Å². The molecule has 6 heteroatoms. The molecule has 0 atom stereocenters. The van der Waals surface area contributed by atoms with Crippen LogP contribution in [0.15, 0.2) is 28.0 Å². The lowest BCUT2D eigenvalue weighted by molar-refractivity contribution is 0.0593. The van der Waals surface area contributed by atoms with E-state index in [1.807, 2.05) is 18.2 Å². The number of hydrogen-bond acceptors (Lipinski definition) is 5. The summed E-state index contributed by atoms with van der Waals surface area (Å²) in [7, 11) is 1.24. The van der Waals surface area contributed by atoms with Gasteiger partial charge in [0, 0.05) is 5.57 Å². The first-order chi connectivity index (χ1) is 9.17. The second-order valence-electron chi connectivity index (χ2n) is 3.93. The van der Waals surface area contributed by atoms with E-state index in [2.05, 4.69) is 14.7 Å². The van der Waals surface area contributed by atoms with Gasteiger partial charge in [-0.25, -0.2) is 9.78 Å². The Morgan fingerprint density at radius 3 is 2.84 bits per heavy atom. The van der Waals surface area contributed by atoms with Gasteiger partial charge in [-0.3, -0.25) is 4.79 Å². The van der Waals surface area contributed by atoms with E-state index in [-0.39, 0.29) is 5.56 Å². The van der Waals surface area contributed by atoms with E-state index >= 15 is 0 Å². The average Bonchev–Trinajstić information content (AvgIpc) is 2.46. The Kier molecular flexibility index (Phi) is 4.21. The molecule has 0 spiro atoms. The predicted molar refractivity (Wildman–Crippen MR) is 74.3 cm³/mol. The lowest BCUT2D eigenvalue weighted by Crippen LogP contribution is -2.23. The number of nitrogens with one attached hydrogen (secondary N) is 1. The number of aromatic amines is 1. The molecule has 0 amide bonds. The summed E-state index contributed by atoms with van der Waals surface area (Å²) in [4.78, 5) is 30.5. The molecule has 1 aromatic heterocycles. The van der Waals surface area contributed by atoms with Crippen LogP contribution in [0.2, 0.25) is 0 Å². The number of ether oxygens (including phenoxy) is 1. The molecule has 1 N–H and O–H groups in total. The van der Waals surface area contributed by atoms with E-state index in [1.165, 1.54) is 18.9 Å². The highest BCUT2D eigenvalue weighted by molar-refractivity contribution is 7.98.